The summed E-state index contributed by atoms with van der Waals surface area (Å²) in [5.74, 6) is 0.161. The lowest BCUT2D eigenvalue weighted by Gasteiger charge is -2.21. The second kappa shape index (κ2) is 2.01. The molecule has 3 rings (SSSR count). The topological polar surface area (TPSA) is 65.1 Å². The molecule has 0 aromatic carbocycles. The Morgan fingerprint density at radius 3 is 2.23 bits per heavy atom. The molecule has 0 amide bonds. The average Bonchev–Trinajstić information content (AvgIpc) is 2.74. The van der Waals surface area contributed by atoms with Gasteiger partial charge in [0.1, 0.15) is 12.8 Å². The average molecular weight is 182 g/mol. The fourth-order valence-electron chi connectivity index (χ4n) is 2.11. The molecule has 0 aromatic rings. The zero-order valence-electron chi connectivity index (χ0n) is 6.82. The monoisotopic (exact) mass is 182 g/mol. The molecule has 0 spiro atoms. The Morgan fingerprint density at radius 1 is 1.23 bits per heavy atom. The lowest BCUT2D eigenvalue weighted by Crippen LogP contribution is -2.46. The molecular weight excluding hydrogens is 175 g/mol. The molecule has 0 bridgehead atoms. The molecule has 3 aliphatic heterocycles. The van der Waals surface area contributed by atoms with Crippen LogP contribution in [0.25, 0.3) is 0 Å². The van der Waals surface area contributed by atoms with Crippen molar-refractivity contribution in [1.82, 2.24) is 0 Å². The maximum absolute atomic E-state index is 11.0. The Labute approximate surface area is 74.3 Å². The molecule has 0 aliphatic carbocycles. The number of hydrogen-bond acceptors (Lipinski definition) is 5. The van der Waals surface area contributed by atoms with Crippen LogP contribution in [0, 0.1) is 5.82 Å². The summed E-state index contributed by atoms with van der Waals surface area (Å²) in [7, 11) is 0. The number of ether oxygens (including phenoxy) is 1. The van der Waals surface area contributed by atoms with Gasteiger partial charge in [0.15, 0.2) is 0 Å². The number of hydrogen-bond donors (Lipinski definition) is 0. The lowest BCUT2D eigenvalue weighted by molar-refractivity contribution is -0.138. The molecule has 1 atom stereocenters. The van der Waals surface area contributed by atoms with E-state index in [1.54, 1.807) is 0 Å². The zero-order valence-corrected chi connectivity index (χ0v) is 6.82. The summed E-state index contributed by atoms with van der Waals surface area (Å²) in [5.41, 5.74) is 0. The van der Waals surface area contributed by atoms with E-state index in [-0.39, 0.29) is 30.8 Å². The Balaban J connectivity index is 1.96. The van der Waals surface area contributed by atoms with E-state index in [1.165, 1.54) is 0 Å². The molecule has 13 heavy (non-hydrogen) atoms. The molecule has 3 aliphatic rings. The first-order valence-corrected chi connectivity index (χ1v) is 4.26. The molecule has 0 aromatic heterocycles. The normalized spacial score (nSPS) is 34.2. The minimum atomic E-state index is -1.84. The molecule has 0 saturated carbocycles. The standard InChI is InChI=1S/C7H7BO5/c9-6-1-4-2-7(10)13-8(4,12-6)5-3-11-5/h5H,1-3H2/t5-/m1/s1. The molecule has 3 heterocycles. The van der Waals surface area contributed by atoms with Crippen LogP contribution in [0.3, 0.4) is 0 Å². The van der Waals surface area contributed by atoms with Gasteiger partial charge in [-0.2, -0.15) is 0 Å². The summed E-state index contributed by atoms with van der Waals surface area (Å²) in [4.78, 5) is 22.1. The third-order valence-electron chi connectivity index (χ3n) is 2.77. The van der Waals surface area contributed by atoms with Crippen LogP contribution in [0.15, 0.2) is 0 Å². The minimum absolute atomic E-state index is 0.201. The number of fused-ring (bicyclic) bond motifs is 1. The third-order valence-corrected chi connectivity index (χ3v) is 2.77. The molecular formula is C7H7BO5. The van der Waals surface area contributed by atoms with Crippen molar-refractivity contribution >= 4 is 18.5 Å². The first kappa shape index (κ1) is 7.26. The van der Waals surface area contributed by atoms with Crippen molar-refractivity contribution in [2.45, 2.75) is 18.8 Å². The quantitative estimate of drug-likeness (QED) is 0.307. The van der Waals surface area contributed by atoms with Crippen molar-refractivity contribution in [3.8, 4) is 0 Å². The van der Waals surface area contributed by atoms with Crippen molar-refractivity contribution in [2.24, 2.45) is 0 Å². The Hall–Kier alpha value is -1.17. The van der Waals surface area contributed by atoms with Gasteiger partial charge in [-0.25, -0.2) is 0 Å². The smallest absolute Gasteiger partial charge is 0.588 e. The van der Waals surface area contributed by atoms with Crippen LogP contribution in [-0.4, -0.2) is 31.1 Å². The van der Waals surface area contributed by atoms with Gasteiger partial charge in [-0.1, -0.05) is 0 Å². The highest BCUT2D eigenvalue weighted by Crippen LogP contribution is 2.46. The van der Waals surface area contributed by atoms with Crippen LogP contribution in [-0.2, 0) is 23.6 Å². The van der Waals surface area contributed by atoms with Gasteiger partial charge in [0, 0.05) is 12.4 Å². The highest BCUT2D eigenvalue weighted by atomic mass is 16.7. The van der Waals surface area contributed by atoms with E-state index in [9.17, 15) is 9.59 Å². The highest BCUT2D eigenvalue weighted by Gasteiger charge is 2.72. The van der Waals surface area contributed by atoms with E-state index < -0.39 is 6.55 Å². The summed E-state index contributed by atoms with van der Waals surface area (Å²) in [6.07, 6.45) is 0.428. The fraction of sp³-hybridized carbons (Fsp3) is 0.571. The number of carbonyl (C=O) groups is 2. The second-order valence-corrected chi connectivity index (χ2v) is 3.63. The van der Waals surface area contributed by atoms with E-state index in [1.807, 2.05) is 0 Å². The SMILES string of the molecule is O=C1C[C+]2CC(=O)O[B-]2([C@H]2CO2)O1. The number of epoxide rings is 1. The van der Waals surface area contributed by atoms with Gasteiger partial charge in [0.25, 0.3) is 0 Å². The summed E-state index contributed by atoms with van der Waals surface area (Å²) in [5, 5.41) is 0. The first-order valence-electron chi connectivity index (χ1n) is 4.26. The first-order chi connectivity index (χ1) is 6.21. The Kier molecular flexibility index (Phi) is 1.12. The van der Waals surface area contributed by atoms with Crippen molar-refractivity contribution in [2.75, 3.05) is 6.61 Å². The molecule has 6 heteroatoms. The van der Waals surface area contributed by atoms with E-state index >= 15 is 0 Å². The van der Waals surface area contributed by atoms with Gasteiger partial charge in [-0.15, -0.1) is 0 Å². The van der Waals surface area contributed by atoms with E-state index in [0.29, 0.717) is 6.61 Å². The summed E-state index contributed by atoms with van der Waals surface area (Å²) >= 11 is 0. The van der Waals surface area contributed by atoms with Crippen LogP contribution in [0.1, 0.15) is 12.8 Å². The summed E-state index contributed by atoms with van der Waals surface area (Å²) < 4.78 is 15.2. The molecule has 0 N–H and O–H groups in total. The molecule has 68 valence electrons. The molecule has 3 fully saturated rings. The minimum Gasteiger partial charge on any atom is -0.612 e. The maximum atomic E-state index is 11.0. The van der Waals surface area contributed by atoms with Crippen molar-refractivity contribution < 1.29 is 23.6 Å². The predicted molar refractivity (Wildman–Crippen MR) is 40.2 cm³/mol. The molecule has 5 nitrogen and oxygen atoms in total. The van der Waals surface area contributed by atoms with Gasteiger partial charge < -0.3 is 14.0 Å². The summed E-state index contributed by atoms with van der Waals surface area (Å²) in [6, 6.07) is -0.201. The van der Waals surface area contributed by atoms with Crippen molar-refractivity contribution in [3.05, 3.63) is 5.82 Å². The highest BCUT2D eigenvalue weighted by molar-refractivity contribution is 6.81. The van der Waals surface area contributed by atoms with Crippen LogP contribution in [0.2, 0.25) is 0 Å². The zero-order chi connectivity index (χ0) is 9.05. The van der Waals surface area contributed by atoms with Crippen molar-refractivity contribution in [1.29, 1.82) is 0 Å². The molecule has 0 unspecified atom stereocenters. The maximum Gasteiger partial charge on any atom is 0.588 e. The lowest BCUT2D eigenvalue weighted by atomic mass is 9.46. The summed E-state index contributed by atoms with van der Waals surface area (Å²) in [6.45, 7) is -1.32. The van der Waals surface area contributed by atoms with Gasteiger partial charge >= 0.3 is 18.5 Å². The Bertz CT molecular complexity index is 277. The number of carbonyl (C=O) groups excluding carboxylic acids is 2. The van der Waals surface area contributed by atoms with Gasteiger partial charge in [-0.05, 0) is 0 Å². The fourth-order valence-corrected chi connectivity index (χ4v) is 2.11. The number of rotatable bonds is 1. The van der Waals surface area contributed by atoms with Crippen molar-refractivity contribution in [3.63, 3.8) is 0 Å². The second-order valence-electron chi connectivity index (χ2n) is 3.63. The molecule has 3 saturated heterocycles. The van der Waals surface area contributed by atoms with Crippen LogP contribution in [0.5, 0.6) is 0 Å². The van der Waals surface area contributed by atoms with Crippen LogP contribution in [0.4, 0.5) is 0 Å². The Morgan fingerprint density at radius 2 is 1.77 bits per heavy atom. The van der Waals surface area contributed by atoms with E-state index in [4.69, 9.17) is 14.0 Å². The van der Waals surface area contributed by atoms with E-state index in [2.05, 4.69) is 0 Å². The van der Waals surface area contributed by atoms with Crippen LogP contribution < -0.4 is 0 Å². The van der Waals surface area contributed by atoms with E-state index in [0.717, 1.165) is 5.82 Å². The third kappa shape index (κ3) is 0.834. The van der Waals surface area contributed by atoms with Crippen LogP contribution >= 0.6 is 0 Å². The largest absolute Gasteiger partial charge is 0.612 e. The predicted octanol–water partition coefficient (Wildman–Crippen LogP) is -0.626. The van der Waals surface area contributed by atoms with Gasteiger partial charge in [0.05, 0.1) is 6.00 Å². The van der Waals surface area contributed by atoms with Gasteiger partial charge in [-0.3, -0.25) is 9.59 Å². The molecule has 0 radical (unpaired) electrons. The van der Waals surface area contributed by atoms with Gasteiger partial charge in [0.2, 0.25) is 0 Å².